The monoisotopic (exact) mass is 443 g/mol. The molecule has 0 fully saturated rings. The first-order valence-electron chi connectivity index (χ1n) is 10.2. The molecule has 0 unspecified atom stereocenters. The van der Waals surface area contributed by atoms with Crippen molar-refractivity contribution in [3.05, 3.63) is 84.1 Å². The summed E-state index contributed by atoms with van der Waals surface area (Å²) in [7, 11) is 1.38. The number of nitrogens with zero attached hydrogens (tertiary/aromatic N) is 3. The highest BCUT2D eigenvalue weighted by molar-refractivity contribution is 6.04. The van der Waals surface area contributed by atoms with Crippen molar-refractivity contribution in [1.82, 2.24) is 25.4 Å². The molecule has 0 saturated carbocycles. The van der Waals surface area contributed by atoms with Gasteiger partial charge in [0.15, 0.2) is 12.3 Å². The quantitative estimate of drug-likeness (QED) is 0.443. The van der Waals surface area contributed by atoms with E-state index >= 15 is 0 Å². The van der Waals surface area contributed by atoms with Crippen LogP contribution in [0.3, 0.4) is 0 Å². The van der Waals surface area contributed by atoms with Crippen LogP contribution in [0.1, 0.15) is 15.9 Å². The number of nitrogens with one attached hydrogen (secondary N) is 2. The predicted octanol–water partition coefficient (Wildman–Crippen LogP) is 2.76. The average molecular weight is 443 g/mol. The molecule has 0 aliphatic heterocycles. The molecule has 0 radical (unpaired) electrons. The maximum atomic E-state index is 12.9. The van der Waals surface area contributed by atoms with Gasteiger partial charge >= 0.3 is 12.0 Å². The lowest BCUT2D eigenvalue weighted by molar-refractivity contribution is -0.123. The summed E-state index contributed by atoms with van der Waals surface area (Å²) in [6.07, 6.45) is 1.56. The summed E-state index contributed by atoms with van der Waals surface area (Å²) < 4.78 is 6.88. The topological polar surface area (TPSA) is 115 Å². The van der Waals surface area contributed by atoms with Gasteiger partial charge < -0.3 is 10.1 Å². The molecule has 9 heteroatoms. The summed E-state index contributed by atoms with van der Waals surface area (Å²) in [5.41, 5.74) is 3.16. The minimum atomic E-state index is -0.740. The first kappa shape index (κ1) is 21.7. The van der Waals surface area contributed by atoms with Crippen molar-refractivity contribution in [1.29, 1.82) is 0 Å². The number of urea groups is 1. The van der Waals surface area contributed by atoms with E-state index in [1.165, 1.54) is 7.05 Å². The number of amides is 3. The van der Waals surface area contributed by atoms with Crippen LogP contribution in [-0.4, -0.2) is 46.3 Å². The number of rotatable bonds is 6. The molecule has 0 spiro atoms. The summed E-state index contributed by atoms with van der Waals surface area (Å²) in [5, 5.41) is 9.23. The third-order valence-corrected chi connectivity index (χ3v) is 4.89. The lowest BCUT2D eigenvalue weighted by Gasteiger charge is -2.10. The van der Waals surface area contributed by atoms with Crippen LogP contribution in [0.5, 0.6) is 0 Å². The van der Waals surface area contributed by atoms with Gasteiger partial charge in [-0.1, -0.05) is 60.7 Å². The number of carbonyl (C=O) groups is 3. The number of esters is 1. The van der Waals surface area contributed by atoms with Crippen LogP contribution < -0.4 is 10.6 Å². The van der Waals surface area contributed by atoms with Gasteiger partial charge in [0, 0.05) is 12.6 Å². The van der Waals surface area contributed by atoms with Crippen molar-refractivity contribution in [2.45, 2.75) is 6.54 Å². The first-order chi connectivity index (χ1) is 16.0. The molecule has 9 nitrogen and oxygen atoms in total. The zero-order chi connectivity index (χ0) is 23.2. The van der Waals surface area contributed by atoms with Gasteiger partial charge in [-0.2, -0.15) is 5.10 Å². The Balaban J connectivity index is 1.69. The van der Waals surface area contributed by atoms with Crippen molar-refractivity contribution in [3.8, 4) is 11.3 Å². The van der Waals surface area contributed by atoms with Gasteiger partial charge in [0.2, 0.25) is 0 Å². The Morgan fingerprint density at radius 2 is 1.70 bits per heavy atom. The maximum Gasteiger partial charge on any atom is 0.339 e. The van der Waals surface area contributed by atoms with Crippen LogP contribution >= 0.6 is 0 Å². The number of carbonyl (C=O) groups excluding carboxylic acids is 3. The van der Waals surface area contributed by atoms with E-state index in [0.717, 1.165) is 11.1 Å². The van der Waals surface area contributed by atoms with E-state index < -0.39 is 24.5 Å². The van der Waals surface area contributed by atoms with Crippen molar-refractivity contribution < 1.29 is 19.1 Å². The SMILES string of the molecule is CNC(=O)NC(=O)COC(=O)c1cc(-c2ccccc2)nc2c1cnn2Cc1ccccc1. The summed E-state index contributed by atoms with van der Waals surface area (Å²) in [6, 6.07) is 20.1. The highest BCUT2D eigenvalue weighted by Crippen LogP contribution is 2.26. The first-order valence-corrected chi connectivity index (χ1v) is 10.2. The van der Waals surface area contributed by atoms with Gasteiger partial charge in [-0.25, -0.2) is 19.3 Å². The molecular weight excluding hydrogens is 422 g/mol. The van der Waals surface area contributed by atoms with Gasteiger partial charge in [0.1, 0.15) is 0 Å². The Bertz CT molecular complexity index is 1300. The van der Waals surface area contributed by atoms with E-state index in [0.29, 0.717) is 23.3 Å². The van der Waals surface area contributed by atoms with Crippen LogP contribution in [-0.2, 0) is 16.1 Å². The molecule has 0 bridgehead atoms. The molecule has 2 heterocycles. The van der Waals surface area contributed by atoms with E-state index in [4.69, 9.17) is 9.72 Å². The van der Waals surface area contributed by atoms with Gasteiger partial charge in [-0.05, 0) is 11.6 Å². The Labute approximate surface area is 189 Å². The second-order valence-electron chi connectivity index (χ2n) is 7.15. The van der Waals surface area contributed by atoms with Gasteiger partial charge in [0.25, 0.3) is 5.91 Å². The van der Waals surface area contributed by atoms with E-state index in [1.54, 1.807) is 16.9 Å². The lowest BCUT2D eigenvalue weighted by atomic mass is 10.1. The largest absolute Gasteiger partial charge is 0.452 e. The maximum absolute atomic E-state index is 12.9. The number of benzene rings is 2. The summed E-state index contributed by atoms with van der Waals surface area (Å²) in [4.78, 5) is 40.7. The molecular formula is C24H21N5O4. The van der Waals surface area contributed by atoms with Crippen molar-refractivity contribution in [3.63, 3.8) is 0 Å². The molecule has 0 saturated heterocycles. The predicted molar refractivity (Wildman–Crippen MR) is 121 cm³/mol. The fourth-order valence-electron chi connectivity index (χ4n) is 3.28. The average Bonchev–Trinajstić information content (AvgIpc) is 3.25. The van der Waals surface area contributed by atoms with Crippen molar-refractivity contribution in [2.24, 2.45) is 0 Å². The van der Waals surface area contributed by atoms with E-state index in [2.05, 4.69) is 10.4 Å². The summed E-state index contributed by atoms with van der Waals surface area (Å²) in [5.74, 6) is -1.46. The number of hydrogen-bond donors (Lipinski definition) is 2. The number of imide groups is 1. The molecule has 2 N–H and O–H groups in total. The molecule has 0 aliphatic rings. The summed E-state index contributed by atoms with van der Waals surface area (Å²) >= 11 is 0. The fourth-order valence-corrected chi connectivity index (χ4v) is 3.28. The zero-order valence-corrected chi connectivity index (χ0v) is 17.8. The van der Waals surface area contributed by atoms with Crippen LogP contribution in [0, 0.1) is 0 Å². The molecule has 0 aliphatic carbocycles. The van der Waals surface area contributed by atoms with E-state index in [9.17, 15) is 14.4 Å². The smallest absolute Gasteiger partial charge is 0.339 e. The lowest BCUT2D eigenvalue weighted by Crippen LogP contribution is -2.39. The molecule has 4 aromatic rings. The minimum absolute atomic E-state index is 0.228. The third kappa shape index (κ3) is 5.04. The Morgan fingerprint density at radius 3 is 2.39 bits per heavy atom. The number of fused-ring (bicyclic) bond motifs is 1. The molecule has 0 atom stereocenters. The molecule has 3 amide bonds. The Morgan fingerprint density at radius 1 is 1.00 bits per heavy atom. The summed E-state index contributed by atoms with van der Waals surface area (Å²) in [6.45, 7) is -0.131. The number of ether oxygens (including phenoxy) is 1. The van der Waals surface area contributed by atoms with E-state index in [-0.39, 0.29) is 5.56 Å². The molecule has 2 aromatic heterocycles. The Hall–Kier alpha value is -4.53. The molecule has 33 heavy (non-hydrogen) atoms. The van der Waals surface area contributed by atoms with Crippen molar-refractivity contribution in [2.75, 3.05) is 13.7 Å². The zero-order valence-electron chi connectivity index (χ0n) is 17.8. The normalized spacial score (nSPS) is 10.6. The second-order valence-corrected chi connectivity index (χ2v) is 7.15. The van der Waals surface area contributed by atoms with Crippen LogP contribution in [0.2, 0.25) is 0 Å². The van der Waals surface area contributed by atoms with Crippen molar-refractivity contribution >= 4 is 28.9 Å². The fraction of sp³-hybridized carbons (Fsp3) is 0.125. The third-order valence-electron chi connectivity index (χ3n) is 4.89. The Kier molecular flexibility index (Phi) is 6.40. The molecule has 166 valence electrons. The number of aromatic nitrogens is 3. The molecule has 2 aromatic carbocycles. The van der Waals surface area contributed by atoms with Gasteiger partial charge in [-0.3, -0.25) is 10.1 Å². The van der Waals surface area contributed by atoms with E-state index in [1.807, 2.05) is 66.0 Å². The van der Waals surface area contributed by atoms with Gasteiger partial charge in [-0.15, -0.1) is 0 Å². The molecule has 4 rings (SSSR count). The highest BCUT2D eigenvalue weighted by atomic mass is 16.5. The minimum Gasteiger partial charge on any atom is -0.452 e. The van der Waals surface area contributed by atoms with Crippen LogP contribution in [0.25, 0.3) is 22.3 Å². The highest BCUT2D eigenvalue weighted by Gasteiger charge is 2.20. The number of pyridine rings is 1. The number of hydrogen-bond acceptors (Lipinski definition) is 6. The standard InChI is InChI=1S/C24H21N5O4/c1-25-24(32)28-21(30)15-33-23(31)18-12-20(17-10-6-3-7-11-17)27-22-19(18)13-26-29(22)14-16-8-4-2-5-9-16/h2-13H,14-15H2,1H3,(H2,25,28,30,32). The second kappa shape index (κ2) is 9.73. The van der Waals surface area contributed by atoms with Crippen LogP contribution in [0.4, 0.5) is 4.79 Å². The van der Waals surface area contributed by atoms with Gasteiger partial charge in [0.05, 0.1) is 29.4 Å². The van der Waals surface area contributed by atoms with Crippen LogP contribution in [0.15, 0.2) is 72.9 Å².